The molecule has 0 radical (unpaired) electrons. The minimum absolute atomic E-state index is 0. The van der Waals surface area contributed by atoms with Crippen molar-refractivity contribution in [3.05, 3.63) is 55.6 Å². The highest BCUT2D eigenvalue weighted by Crippen LogP contribution is 2.44. The van der Waals surface area contributed by atoms with Gasteiger partial charge in [-0.3, -0.25) is 4.79 Å². The first-order valence-corrected chi connectivity index (χ1v) is 10.6. The molecule has 1 atom stereocenters. The molecule has 5 rings (SSSR count). The number of nitrogens with zero attached hydrogens (tertiary/aromatic N) is 1. The van der Waals surface area contributed by atoms with E-state index in [1.54, 1.807) is 17.4 Å². The number of nitrogens with two attached hydrogens (primary N) is 1. The van der Waals surface area contributed by atoms with Crippen LogP contribution in [0.15, 0.2) is 29.2 Å². The molecule has 1 aromatic carbocycles. The number of aryl methyl sites for hydroxylation is 1. The molecule has 2 heterocycles. The first-order valence-electron chi connectivity index (χ1n) is 9.45. The van der Waals surface area contributed by atoms with Gasteiger partial charge < -0.3 is 15.4 Å². The average Bonchev–Trinajstić information content (AvgIpc) is 3.41. The largest absolute Gasteiger partial charge is 0.477 e. The molecule has 0 saturated heterocycles. The molecule has 1 unspecified atom stereocenters. The minimum atomic E-state index is -1.21. The van der Waals surface area contributed by atoms with Crippen LogP contribution in [0.4, 0.5) is 0 Å². The minimum Gasteiger partial charge on any atom is -0.477 e. The SMILES string of the molecule is Cl.NC1CCCc2sc(-c3ccc4c(=O)c(C(=O)O)cn(C5CC5)c4c3Cl)cc21. The van der Waals surface area contributed by atoms with Crippen molar-refractivity contribution in [2.45, 2.75) is 44.2 Å². The summed E-state index contributed by atoms with van der Waals surface area (Å²) in [6, 6.07) is 5.93. The summed E-state index contributed by atoms with van der Waals surface area (Å²) >= 11 is 8.54. The van der Waals surface area contributed by atoms with Crippen molar-refractivity contribution in [1.82, 2.24) is 4.57 Å². The van der Waals surface area contributed by atoms with Crippen LogP contribution < -0.4 is 11.2 Å². The smallest absolute Gasteiger partial charge is 0.341 e. The van der Waals surface area contributed by atoms with Crippen molar-refractivity contribution in [2.24, 2.45) is 5.73 Å². The number of aromatic carboxylic acids is 1. The molecule has 29 heavy (non-hydrogen) atoms. The molecule has 2 aromatic heterocycles. The summed E-state index contributed by atoms with van der Waals surface area (Å²) in [4.78, 5) is 26.6. The van der Waals surface area contributed by atoms with Gasteiger partial charge in [0.25, 0.3) is 0 Å². The molecule has 8 heteroatoms. The fourth-order valence-corrected chi connectivity index (χ4v) is 5.84. The lowest BCUT2D eigenvalue weighted by atomic mass is 9.94. The van der Waals surface area contributed by atoms with E-state index in [2.05, 4.69) is 6.07 Å². The average molecular weight is 451 g/mol. The number of aromatic nitrogens is 1. The number of rotatable bonds is 3. The molecule has 1 saturated carbocycles. The summed E-state index contributed by atoms with van der Waals surface area (Å²) in [5.41, 5.74) is 8.28. The Balaban J connectivity index is 0.00000205. The van der Waals surface area contributed by atoms with Gasteiger partial charge in [-0.15, -0.1) is 23.7 Å². The van der Waals surface area contributed by atoms with Gasteiger partial charge in [-0.05, 0) is 49.8 Å². The zero-order valence-corrected chi connectivity index (χ0v) is 17.9. The quantitative estimate of drug-likeness (QED) is 0.575. The number of thiophene rings is 1. The van der Waals surface area contributed by atoms with E-state index in [1.165, 1.54) is 16.6 Å². The van der Waals surface area contributed by atoms with E-state index in [4.69, 9.17) is 17.3 Å². The Labute approximate surface area is 182 Å². The molecular weight excluding hydrogens is 431 g/mol. The van der Waals surface area contributed by atoms with Crippen LogP contribution in [0.2, 0.25) is 5.02 Å². The van der Waals surface area contributed by atoms with Crippen LogP contribution in [0, 0.1) is 0 Å². The number of hydrogen-bond donors (Lipinski definition) is 2. The third-order valence-corrected chi connectivity index (χ3v) is 7.35. The molecule has 3 N–H and O–H groups in total. The Morgan fingerprint density at radius 1 is 1.28 bits per heavy atom. The van der Waals surface area contributed by atoms with Crippen LogP contribution in [0.25, 0.3) is 21.3 Å². The highest BCUT2D eigenvalue weighted by atomic mass is 35.5. The molecule has 2 aliphatic rings. The van der Waals surface area contributed by atoms with Crippen molar-refractivity contribution < 1.29 is 9.90 Å². The Kier molecular flexibility index (Phi) is 5.23. The summed E-state index contributed by atoms with van der Waals surface area (Å²) in [7, 11) is 0. The molecule has 0 amide bonds. The Morgan fingerprint density at radius 3 is 2.69 bits per heavy atom. The second-order valence-corrected chi connectivity index (χ2v) is 9.14. The van der Waals surface area contributed by atoms with Crippen LogP contribution >= 0.6 is 35.3 Å². The van der Waals surface area contributed by atoms with E-state index in [1.807, 2.05) is 10.6 Å². The van der Waals surface area contributed by atoms with Crippen LogP contribution in [0.3, 0.4) is 0 Å². The fraction of sp³-hybridized carbons (Fsp3) is 0.333. The zero-order chi connectivity index (χ0) is 19.6. The van der Waals surface area contributed by atoms with Gasteiger partial charge in [0, 0.05) is 39.0 Å². The van der Waals surface area contributed by atoms with E-state index >= 15 is 0 Å². The van der Waals surface area contributed by atoms with Crippen molar-refractivity contribution in [2.75, 3.05) is 0 Å². The third-order valence-electron chi connectivity index (χ3n) is 5.73. The lowest BCUT2D eigenvalue weighted by Gasteiger charge is -2.17. The van der Waals surface area contributed by atoms with Crippen molar-refractivity contribution in [3.63, 3.8) is 0 Å². The number of carboxylic acids is 1. The molecule has 152 valence electrons. The van der Waals surface area contributed by atoms with Crippen molar-refractivity contribution in [3.8, 4) is 10.4 Å². The van der Waals surface area contributed by atoms with Crippen molar-refractivity contribution in [1.29, 1.82) is 0 Å². The summed E-state index contributed by atoms with van der Waals surface area (Å²) in [6.07, 6.45) is 6.50. The van der Waals surface area contributed by atoms with Gasteiger partial charge in [-0.25, -0.2) is 4.79 Å². The number of fused-ring (bicyclic) bond motifs is 2. The van der Waals surface area contributed by atoms with E-state index in [0.717, 1.165) is 42.5 Å². The number of halogens is 2. The van der Waals surface area contributed by atoms with E-state index in [-0.39, 0.29) is 30.1 Å². The summed E-state index contributed by atoms with van der Waals surface area (Å²) in [5, 5.41) is 10.3. The number of carbonyl (C=O) groups is 1. The maximum Gasteiger partial charge on any atom is 0.341 e. The predicted molar refractivity (Wildman–Crippen MR) is 119 cm³/mol. The van der Waals surface area contributed by atoms with Gasteiger partial charge in [-0.1, -0.05) is 17.7 Å². The van der Waals surface area contributed by atoms with Crippen LogP contribution in [-0.4, -0.2) is 15.6 Å². The monoisotopic (exact) mass is 450 g/mol. The van der Waals surface area contributed by atoms with Gasteiger partial charge in [0.2, 0.25) is 5.43 Å². The molecular formula is C21H20Cl2N2O3S. The molecule has 1 fully saturated rings. The summed E-state index contributed by atoms with van der Waals surface area (Å²) in [6.45, 7) is 0. The number of hydrogen-bond acceptors (Lipinski definition) is 4. The number of carboxylic acid groups (broad SMARTS) is 1. The van der Waals surface area contributed by atoms with Gasteiger partial charge in [0.15, 0.2) is 0 Å². The van der Waals surface area contributed by atoms with Gasteiger partial charge in [0.05, 0.1) is 10.5 Å². The maximum absolute atomic E-state index is 12.7. The maximum atomic E-state index is 12.7. The summed E-state index contributed by atoms with van der Waals surface area (Å²) < 4.78 is 1.88. The molecule has 0 spiro atoms. The Hall–Kier alpha value is -1.86. The Bertz CT molecular complexity index is 1200. The highest BCUT2D eigenvalue weighted by molar-refractivity contribution is 7.15. The van der Waals surface area contributed by atoms with Crippen LogP contribution in [0.5, 0.6) is 0 Å². The normalized spacial score (nSPS) is 18.3. The standard InChI is InChI=1S/C21H19ClN2O3S.ClH/c22-18-11(17-8-13-15(23)2-1-3-16(13)28-17)6-7-12-19(18)24(10-4-5-10)9-14(20(12)25)21(26)27;/h6-10,15H,1-5,23H2,(H,26,27);1H. The number of benzene rings is 1. The Morgan fingerprint density at radius 2 is 2.03 bits per heavy atom. The van der Waals surface area contributed by atoms with E-state index < -0.39 is 11.4 Å². The van der Waals surface area contributed by atoms with Gasteiger partial charge in [0.1, 0.15) is 5.56 Å². The van der Waals surface area contributed by atoms with E-state index in [9.17, 15) is 14.7 Å². The lowest BCUT2D eigenvalue weighted by Crippen LogP contribution is -2.19. The molecule has 0 bridgehead atoms. The number of pyridine rings is 1. The van der Waals surface area contributed by atoms with E-state index in [0.29, 0.717) is 15.9 Å². The lowest BCUT2D eigenvalue weighted by molar-refractivity contribution is 0.0695. The topological polar surface area (TPSA) is 85.3 Å². The molecule has 2 aliphatic carbocycles. The van der Waals surface area contributed by atoms with Crippen LogP contribution in [-0.2, 0) is 6.42 Å². The van der Waals surface area contributed by atoms with Gasteiger partial charge >= 0.3 is 5.97 Å². The van der Waals surface area contributed by atoms with Crippen molar-refractivity contribution >= 4 is 52.2 Å². The zero-order valence-electron chi connectivity index (χ0n) is 15.5. The van der Waals surface area contributed by atoms with Gasteiger partial charge in [-0.2, -0.15) is 0 Å². The summed E-state index contributed by atoms with van der Waals surface area (Å²) in [5.74, 6) is -1.21. The molecule has 3 aromatic rings. The first-order chi connectivity index (χ1) is 13.5. The van der Waals surface area contributed by atoms with Crippen LogP contribution in [0.1, 0.15) is 58.6 Å². The molecule has 0 aliphatic heterocycles. The molecule has 5 nitrogen and oxygen atoms in total. The predicted octanol–water partition coefficient (Wildman–Crippen LogP) is 5.17. The second-order valence-electron chi connectivity index (χ2n) is 7.63. The highest BCUT2D eigenvalue weighted by Gasteiger charge is 2.29. The fourth-order valence-electron chi connectivity index (χ4n) is 4.11. The third kappa shape index (κ3) is 3.28. The first kappa shape index (κ1) is 20.4. The second kappa shape index (κ2) is 7.43.